The van der Waals surface area contributed by atoms with Gasteiger partial charge in [-0.05, 0) is 38.5 Å². The Morgan fingerprint density at radius 3 is 2.83 bits per heavy atom. The van der Waals surface area contributed by atoms with Crippen molar-refractivity contribution in [2.75, 3.05) is 20.6 Å². The number of aromatic amines is 1. The Kier molecular flexibility index (Phi) is 5.18. The van der Waals surface area contributed by atoms with Crippen LogP contribution in [0.25, 0.3) is 0 Å². The summed E-state index contributed by atoms with van der Waals surface area (Å²) in [5.41, 5.74) is 2.69. The summed E-state index contributed by atoms with van der Waals surface area (Å²) < 4.78 is 5.75. The summed E-state index contributed by atoms with van der Waals surface area (Å²) in [6, 6.07) is 0. The van der Waals surface area contributed by atoms with E-state index in [1.54, 1.807) is 19.0 Å². The predicted octanol–water partition coefficient (Wildman–Crippen LogP) is 1.04. The molecule has 1 saturated heterocycles. The van der Waals surface area contributed by atoms with Crippen molar-refractivity contribution in [2.24, 2.45) is 0 Å². The van der Waals surface area contributed by atoms with Gasteiger partial charge in [0, 0.05) is 31.9 Å². The van der Waals surface area contributed by atoms with Crippen molar-refractivity contribution in [3.8, 4) is 0 Å². The van der Waals surface area contributed by atoms with Crippen molar-refractivity contribution >= 4 is 11.8 Å². The molecule has 1 aromatic rings. The number of hydrogen-bond acceptors (Lipinski definition) is 4. The third-order valence-corrected chi connectivity index (χ3v) is 4.84. The number of H-pyrrole nitrogens is 1. The molecule has 2 aliphatic rings. The van der Waals surface area contributed by atoms with Crippen molar-refractivity contribution in [2.45, 2.75) is 57.2 Å². The second-order valence-electron chi connectivity index (χ2n) is 6.86. The third-order valence-electron chi connectivity index (χ3n) is 4.84. The molecule has 0 saturated carbocycles. The fourth-order valence-corrected chi connectivity index (χ4v) is 3.46. The van der Waals surface area contributed by atoms with E-state index in [-0.39, 0.29) is 24.0 Å². The van der Waals surface area contributed by atoms with Gasteiger partial charge in [-0.2, -0.15) is 5.10 Å². The lowest BCUT2D eigenvalue weighted by Gasteiger charge is -2.17. The molecule has 2 heterocycles. The largest absolute Gasteiger partial charge is 0.363 e. The Balaban J connectivity index is 1.53. The van der Waals surface area contributed by atoms with E-state index in [1.165, 1.54) is 6.42 Å². The molecule has 0 bridgehead atoms. The Labute approximate surface area is 142 Å². The highest BCUT2D eigenvalue weighted by Gasteiger charge is 2.32. The topological polar surface area (TPSA) is 87.3 Å². The number of nitrogens with one attached hydrogen (secondary N) is 2. The maximum Gasteiger partial charge on any atom is 0.272 e. The molecule has 7 nitrogen and oxygen atoms in total. The summed E-state index contributed by atoms with van der Waals surface area (Å²) in [7, 11) is 3.45. The molecule has 1 fully saturated rings. The summed E-state index contributed by atoms with van der Waals surface area (Å²) in [4.78, 5) is 25.9. The highest BCUT2D eigenvalue weighted by molar-refractivity contribution is 5.94. The van der Waals surface area contributed by atoms with Gasteiger partial charge in [0.2, 0.25) is 0 Å². The van der Waals surface area contributed by atoms with Crippen molar-refractivity contribution < 1.29 is 14.3 Å². The molecule has 3 rings (SSSR count). The maximum atomic E-state index is 12.4. The summed E-state index contributed by atoms with van der Waals surface area (Å²) >= 11 is 0. The third kappa shape index (κ3) is 3.61. The molecule has 2 amide bonds. The first-order valence-corrected chi connectivity index (χ1v) is 8.77. The summed E-state index contributed by atoms with van der Waals surface area (Å²) in [6.07, 6.45) is 6.31. The van der Waals surface area contributed by atoms with E-state index in [2.05, 4.69) is 15.5 Å². The molecule has 0 unspecified atom stereocenters. The number of ether oxygens (including phenoxy) is 1. The lowest BCUT2D eigenvalue weighted by molar-refractivity contribution is -0.140. The van der Waals surface area contributed by atoms with Crippen LogP contribution in [-0.2, 0) is 22.4 Å². The number of aromatic nitrogens is 2. The lowest BCUT2D eigenvalue weighted by atomic mass is 10.1. The van der Waals surface area contributed by atoms with E-state index in [0.717, 1.165) is 43.4 Å². The number of fused-ring (bicyclic) bond motifs is 1. The maximum absolute atomic E-state index is 12.4. The lowest BCUT2D eigenvalue weighted by Crippen LogP contribution is -2.36. The fourth-order valence-electron chi connectivity index (χ4n) is 3.46. The molecule has 132 valence electrons. The number of carbonyl (C=O) groups excluding carboxylic acids is 2. The highest BCUT2D eigenvalue weighted by atomic mass is 16.5. The number of aryl methyl sites for hydroxylation is 1. The Hall–Kier alpha value is -1.89. The van der Waals surface area contributed by atoms with Crippen LogP contribution in [0.1, 0.15) is 53.8 Å². The summed E-state index contributed by atoms with van der Waals surface area (Å²) in [6.45, 7) is 0.414. The van der Waals surface area contributed by atoms with E-state index in [4.69, 9.17) is 4.74 Å². The van der Waals surface area contributed by atoms with Crippen LogP contribution >= 0.6 is 0 Å². The highest BCUT2D eigenvalue weighted by Crippen LogP contribution is 2.23. The fraction of sp³-hybridized carbons (Fsp3) is 0.706. The quantitative estimate of drug-likeness (QED) is 0.806. The van der Waals surface area contributed by atoms with Crippen molar-refractivity contribution in [1.29, 1.82) is 0 Å². The molecule has 0 radical (unpaired) electrons. The number of nitrogens with zero attached hydrogens (tertiary/aromatic N) is 2. The van der Waals surface area contributed by atoms with E-state index in [0.29, 0.717) is 18.7 Å². The van der Waals surface area contributed by atoms with E-state index < -0.39 is 0 Å². The van der Waals surface area contributed by atoms with Gasteiger partial charge in [-0.1, -0.05) is 6.42 Å². The number of carbonyl (C=O) groups is 2. The molecule has 1 aliphatic carbocycles. The monoisotopic (exact) mass is 334 g/mol. The first-order chi connectivity index (χ1) is 11.6. The zero-order valence-corrected chi connectivity index (χ0v) is 14.4. The van der Waals surface area contributed by atoms with Gasteiger partial charge in [-0.25, -0.2) is 0 Å². The number of rotatable bonds is 4. The average Bonchev–Trinajstić information content (AvgIpc) is 3.13. The van der Waals surface area contributed by atoms with E-state index in [9.17, 15) is 9.59 Å². The van der Waals surface area contributed by atoms with Crippen molar-refractivity contribution in [1.82, 2.24) is 20.4 Å². The van der Waals surface area contributed by atoms with Crippen LogP contribution in [0, 0.1) is 0 Å². The normalized spacial score (nSPS) is 23.4. The number of hydrogen-bond donors (Lipinski definition) is 2. The molecular formula is C17H26N4O3. The summed E-state index contributed by atoms with van der Waals surface area (Å²) in [5, 5.41) is 10.1. The zero-order chi connectivity index (χ0) is 17.1. The van der Waals surface area contributed by atoms with Crippen LogP contribution < -0.4 is 5.32 Å². The number of amides is 2. The molecule has 1 aliphatic heterocycles. The van der Waals surface area contributed by atoms with E-state index in [1.807, 2.05) is 0 Å². The minimum atomic E-state index is -0.386. The molecular weight excluding hydrogens is 308 g/mol. The minimum Gasteiger partial charge on any atom is -0.363 e. The van der Waals surface area contributed by atoms with Crippen LogP contribution in [0.2, 0.25) is 0 Å². The summed E-state index contributed by atoms with van der Waals surface area (Å²) in [5.74, 6) is -0.165. The van der Waals surface area contributed by atoms with Gasteiger partial charge in [-0.15, -0.1) is 0 Å². The molecule has 24 heavy (non-hydrogen) atoms. The molecule has 0 aromatic carbocycles. The molecule has 1 aromatic heterocycles. The van der Waals surface area contributed by atoms with Gasteiger partial charge in [0.25, 0.3) is 11.8 Å². The van der Waals surface area contributed by atoms with Crippen LogP contribution in [0.5, 0.6) is 0 Å². The smallest absolute Gasteiger partial charge is 0.272 e. The van der Waals surface area contributed by atoms with Gasteiger partial charge in [0.05, 0.1) is 6.10 Å². The van der Waals surface area contributed by atoms with Crippen molar-refractivity contribution in [3.63, 3.8) is 0 Å². The standard InChI is InChI=1S/C17H26N4O3/c1-21(2)17(23)14-9-8-11(24-14)10-18-16(22)15-12-6-4-3-5-7-13(12)19-20-15/h11,14H,3-10H2,1-2H3,(H,18,22)(H,19,20)/t11-,14+/m0/s1. The number of likely N-dealkylation sites (N-methyl/N-ethyl adjacent to an activating group) is 1. The van der Waals surface area contributed by atoms with Gasteiger partial charge in [0.1, 0.15) is 6.10 Å². The first kappa shape index (κ1) is 17.0. The van der Waals surface area contributed by atoms with Gasteiger partial charge < -0.3 is 15.0 Å². The van der Waals surface area contributed by atoms with Crippen LogP contribution in [0.15, 0.2) is 0 Å². The van der Waals surface area contributed by atoms with E-state index >= 15 is 0 Å². The molecule has 0 spiro atoms. The molecule has 2 atom stereocenters. The first-order valence-electron chi connectivity index (χ1n) is 8.77. The zero-order valence-electron chi connectivity index (χ0n) is 14.4. The minimum absolute atomic E-state index is 0.0125. The van der Waals surface area contributed by atoms with Crippen LogP contribution in [0.4, 0.5) is 0 Å². The van der Waals surface area contributed by atoms with Gasteiger partial charge >= 0.3 is 0 Å². The Morgan fingerprint density at radius 2 is 2.04 bits per heavy atom. The predicted molar refractivity (Wildman–Crippen MR) is 88.8 cm³/mol. The second kappa shape index (κ2) is 7.34. The van der Waals surface area contributed by atoms with Crippen LogP contribution in [-0.4, -0.2) is 59.8 Å². The Bertz CT molecular complexity index is 611. The average molecular weight is 334 g/mol. The molecule has 2 N–H and O–H groups in total. The van der Waals surface area contributed by atoms with Crippen LogP contribution in [0.3, 0.4) is 0 Å². The SMILES string of the molecule is CN(C)C(=O)[C@H]1CC[C@@H](CNC(=O)c2n[nH]c3c2CCCCC3)O1. The second-order valence-corrected chi connectivity index (χ2v) is 6.86. The van der Waals surface area contributed by atoms with Crippen molar-refractivity contribution in [3.05, 3.63) is 17.0 Å². The Morgan fingerprint density at radius 1 is 1.25 bits per heavy atom. The van der Waals surface area contributed by atoms with Gasteiger partial charge in [-0.3, -0.25) is 14.7 Å². The molecule has 7 heteroatoms. The van der Waals surface area contributed by atoms with Gasteiger partial charge in [0.15, 0.2) is 5.69 Å².